The van der Waals surface area contributed by atoms with Crippen LogP contribution in [0.25, 0.3) is 0 Å². The van der Waals surface area contributed by atoms with Gasteiger partial charge in [-0.15, -0.1) is 12.4 Å². The molecule has 1 amide bonds. The standard InChI is InChI=1S/C14H18N2O3.ClH/c1-18-13-4-2-3-12-11(13)9-19-14(17)16(12)10-5-7-15-8-6-10;/h2-4,10,15H,5-9H2,1H3;1H. The lowest BCUT2D eigenvalue weighted by molar-refractivity contribution is 0.136. The number of ether oxygens (including phenoxy) is 2. The number of halogens is 1. The Morgan fingerprint density at radius 2 is 2.10 bits per heavy atom. The van der Waals surface area contributed by atoms with E-state index in [-0.39, 0.29) is 24.5 Å². The van der Waals surface area contributed by atoms with Gasteiger partial charge in [-0.25, -0.2) is 4.79 Å². The van der Waals surface area contributed by atoms with E-state index in [2.05, 4.69) is 5.32 Å². The minimum Gasteiger partial charge on any atom is -0.496 e. The van der Waals surface area contributed by atoms with Crippen LogP contribution in [0.4, 0.5) is 10.5 Å². The Labute approximate surface area is 124 Å². The summed E-state index contributed by atoms with van der Waals surface area (Å²) in [4.78, 5) is 13.9. The van der Waals surface area contributed by atoms with E-state index in [1.807, 2.05) is 18.2 Å². The third-order valence-electron chi connectivity index (χ3n) is 3.80. The number of nitrogens with zero attached hydrogens (tertiary/aromatic N) is 1. The van der Waals surface area contributed by atoms with Crippen LogP contribution >= 0.6 is 12.4 Å². The molecule has 0 unspecified atom stereocenters. The molecule has 2 aliphatic rings. The van der Waals surface area contributed by atoms with Gasteiger partial charge >= 0.3 is 6.09 Å². The molecule has 1 aromatic carbocycles. The highest BCUT2D eigenvalue weighted by Crippen LogP contribution is 2.36. The third-order valence-corrected chi connectivity index (χ3v) is 3.80. The van der Waals surface area contributed by atoms with Crippen LogP contribution in [0.1, 0.15) is 18.4 Å². The number of anilines is 1. The van der Waals surface area contributed by atoms with E-state index in [1.54, 1.807) is 12.0 Å². The third kappa shape index (κ3) is 2.55. The van der Waals surface area contributed by atoms with Crippen LogP contribution in [0.2, 0.25) is 0 Å². The van der Waals surface area contributed by atoms with Crippen molar-refractivity contribution in [1.29, 1.82) is 0 Å². The van der Waals surface area contributed by atoms with Crippen LogP contribution in [0.5, 0.6) is 5.75 Å². The van der Waals surface area contributed by atoms with Gasteiger partial charge in [-0.2, -0.15) is 0 Å². The SMILES string of the molecule is COc1cccc2c1COC(=O)N2C1CCNCC1.Cl. The number of carbonyl (C=O) groups excluding carboxylic acids is 1. The van der Waals surface area contributed by atoms with Gasteiger partial charge in [-0.3, -0.25) is 4.90 Å². The van der Waals surface area contributed by atoms with Gasteiger partial charge in [0, 0.05) is 6.04 Å². The van der Waals surface area contributed by atoms with Crippen LogP contribution < -0.4 is 15.0 Å². The number of fused-ring (bicyclic) bond motifs is 1. The molecule has 5 nitrogen and oxygen atoms in total. The smallest absolute Gasteiger partial charge is 0.414 e. The maximum Gasteiger partial charge on any atom is 0.414 e. The average molecular weight is 299 g/mol. The molecule has 0 spiro atoms. The predicted molar refractivity (Wildman–Crippen MR) is 78.8 cm³/mol. The zero-order valence-corrected chi connectivity index (χ0v) is 12.2. The molecule has 1 saturated heterocycles. The fourth-order valence-corrected chi connectivity index (χ4v) is 2.83. The van der Waals surface area contributed by atoms with Crippen LogP contribution in [-0.4, -0.2) is 32.3 Å². The number of piperidine rings is 1. The second-order valence-corrected chi connectivity index (χ2v) is 4.86. The number of amides is 1. The Balaban J connectivity index is 0.00000147. The van der Waals surface area contributed by atoms with E-state index in [9.17, 15) is 4.79 Å². The monoisotopic (exact) mass is 298 g/mol. The molecule has 2 heterocycles. The Kier molecular flexibility index (Phi) is 4.73. The molecule has 0 atom stereocenters. The first-order valence-electron chi connectivity index (χ1n) is 6.64. The van der Waals surface area contributed by atoms with Crippen molar-refractivity contribution in [2.24, 2.45) is 0 Å². The van der Waals surface area contributed by atoms with Crippen molar-refractivity contribution in [3.05, 3.63) is 23.8 Å². The molecule has 20 heavy (non-hydrogen) atoms. The molecule has 1 aromatic rings. The molecule has 0 radical (unpaired) electrons. The lowest BCUT2D eigenvalue weighted by atomic mass is 10.0. The number of cyclic esters (lactones) is 1. The summed E-state index contributed by atoms with van der Waals surface area (Å²) in [7, 11) is 1.64. The molecule has 0 saturated carbocycles. The topological polar surface area (TPSA) is 50.8 Å². The summed E-state index contributed by atoms with van der Waals surface area (Å²) in [5, 5.41) is 3.31. The number of benzene rings is 1. The van der Waals surface area contributed by atoms with Gasteiger partial charge in [0.05, 0.1) is 18.4 Å². The Bertz CT molecular complexity index is 489. The Hall–Kier alpha value is -1.46. The highest BCUT2D eigenvalue weighted by Gasteiger charge is 2.33. The van der Waals surface area contributed by atoms with Crippen molar-refractivity contribution >= 4 is 24.2 Å². The first-order valence-corrected chi connectivity index (χ1v) is 6.64. The van der Waals surface area contributed by atoms with Crippen molar-refractivity contribution in [1.82, 2.24) is 5.32 Å². The zero-order chi connectivity index (χ0) is 13.2. The first-order chi connectivity index (χ1) is 9.31. The van der Waals surface area contributed by atoms with E-state index in [0.29, 0.717) is 6.61 Å². The number of rotatable bonds is 2. The van der Waals surface area contributed by atoms with Gasteiger partial charge in [-0.1, -0.05) is 6.07 Å². The molecule has 3 rings (SSSR count). The largest absolute Gasteiger partial charge is 0.496 e. The summed E-state index contributed by atoms with van der Waals surface area (Å²) in [5.41, 5.74) is 1.89. The molecule has 0 bridgehead atoms. The molecule has 110 valence electrons. The van der Waals surface area contributed by atoms with Gasteiger partial charge in [0.25, 0.3) is 0 Å². The molecule has 6 heteroatoms. The molecule has 1 N–H and O–H groups in total. The van der Waals surface area contributed by atoms with Crippen molar-refractivity contribution in [2.75, 3.05) is 25.1 Å². The highest BCUT2D eigenvalue weighted by atomic mass is 35.5. The van der Waals surface area contributed by atoms with Crippen molar-refractivity contribution in [3.63, 3.8) is 0 Å². The van der Waals surface area contributed by atoms with E-state index < -0.39 is 0 Å². The van der Waals surface area contributed by atoms with E-state index in [0.717, 1.165) is 42.9 Å². The summed E-state index contributed by atoms with van der Waals surface area (Å²) >= 11 is 0. The summed E-state index contributed by atoms with van der Waals surface area (Å²) in [6.07, 6.45) is 1.66. The minimum absolute atomic E-state index is 0. The average Bonchev–Trinajstić information content (AvgIpc) is 2.47. The van der Waals surface area contributed by atoms with Gasteiger partial charge in [0.2, 0.25) is 0 Å². The van der Waals surface area contributed by atoms with E-state index >= 15 is 0 Å². The fourth-order valence-electron chi connectivity index (χ4n) is 2.83. The van der Waals surface area contributed by atoms with Crippen molar-refractivity contribution in [2.45, 2.75) is 25.5 Å². The summed E-state index contributed by atoms with van der Waals surface area (Å²) < 4.78 is 10.7. The van der Waals surface area contributed by atoms with Crippen molar-refractivity contribution in [3.8, 4) is 5.75 Å². The Morgan fingerprint density at radius 3 is 2.80 bits per heavy atom. The molecular formula is C14H19ClN2O3. The maximum absolute atomic E-state index is 12.1. The second-order valence-electron chi connectivity index (χ2n) is 4.86. The van der Waals surface area contributed by atoms with Crippen molar-refractivity contribution < 1.29 is 14.3 Å². The van der Waals surface area contributed by atoms with Crippen LogP contribution in [0, 0.1) is 0 Å². The lowest BCUT2D eigenvalue weighted by Gasteiger charge is -2.37. The quantitative estimate of drug-likeness (QED) is 0.910. The first kappa shape index (κ1) is 14.9. The van der Waals surface area contributed by atoms with Crippen LogP contribution in [0.3, 0.4) is 0 Å². The minimum atomic E-state index is -0.243. The number of nitrogens with one attached hydrogen (secondary N) is 1. The number of carbonyl (C=O) groups is 1. The highest BCUT2D eigenvalue weighted by molar-refractivity contribution is 5.91. The van der Waals surface area contributed by atoms with Gasteiger partial charge in [0.1, 0.15) is 12.4 Å². The zero-order valence-electron chi connectivity index (χ0n) is 11.4. The normalized spacial score (nSPS) is 18.9. The Morgan fingerprint density at radius 1 is 1.35 bits per heavy atom. The number of hydrogen-bond acceptors (Lipinski definition) is 4. The summed E-state index contributed by atoms with van der Waals surface area (Å²) in [5.74, 6) is 0.781. The molecular weight excluding hydrogens is 280 g/mol. The molecule has 2 aliphatic heterocycles. The second kappa shape index (κ2) is 6.33. The number of hydrogen-bond donors (Lipinski definition) is 1. The van der Waals surface area contributed by atoms with E-state index in [4.69, 9.17) is 9.47 Å². The van der Waals surface area contributed by atoms with E-state index in [1.165, 1.54) is 0 Å². The maximum atomic E-state index is 12.1. The van der Waals surface area contributed by atoms with Gasteiger partial charge in [0.15, 0.2) is 0 Å². The molecule has 0 aromatic heterocycles. The fraction of sp³-hybridized carbons (Fsp3) is 0.500. The summed E-state index contributed by atoms with van der Waals surface area (Å²) in [6.45, 7) is 2.17. The lowest BCUT2D eigenvalue weighted by Crippen LogP contribution is -2.48. The molecule has 1 fully saturated rings. The van der Waals surface area contributed by atoms with Gasteiger partial charge < -0.3 is 14.8 Å². The van der Waals surface area contributed by atoms with Gasteiger partial charge in [-0.05, 0) is 38.1 Å². The van der Waals surface area contributed by atoms with Crippen LogP contribution in [0.15, 0.2) is 18.2 Å². The predicted octanol–water partition coefficient (Wildman–Crippen LogP) is 2.33. The summed E-state index contributed by atoms with van der Waals surface area (Å²) in [6, 6.07) is 6.00. The van der Waals surface area contributed by atoms with Crippen LogP contribution in [-0.2, 0) is 11.3 Å². The number of methoxy groups -OCH3 is 1. The molecule has 0 aliphatic carbocycles.